The fourth-order valence-electron chi connectivity index (χ4n) is 2.01. The van der Waals surface area contributed by atoms with E-state index in [9.17, 15) is 9.18 Å². The van der Waals surface area contributed by atoms with Crippen molar-refractivity contribution in [2.75, 3.05) is 0 Å². The topological polar surface area (TPSA) is 54.6 Å². The molecular weight excluding hydrogens is 267 g/mol. The molecule has 0 fully saturated rings. The minimum atomic E-state index is -0.969. The van der Waals surface area contributed by atoms with Crippen molar-refractivity contribution in [3.63, 3.8) is 0 Å². The fraction of sp³-hybridized carbons (Fsp3) is 0.0769. The van der Waals surface area contributed by atoms with Gasteiger partial charge in [-0.05, 0) is 23.6 Å². The predicted molar refractivity (Wildman–Crippen MR) is 69.8 cm³/mol. The Morgan fingerprint density at radius 2 is 2.26 bits per heavy atom. The Morgan fingerprint density at radius 1 is 1.42 bits per heavy atom. The van der Waals surface area contributed by atoms with Gasteiger partial charge in [-0.25, -0.2) is 9.37 Å². The van der Waals surface area contributed by atoms with Crippen LogP contribution in [0, 0.1) is 5.82 Å². The molecule has 0 spiro atoms. The predicted octanol–water partition coefficient (Wildman–Crippen LogP) is 2.83. The van der Waals surface area contributed by atoms with Gasteiger partial charge in [-0.1, -0.05) is 6.07 Å². The third-order valence-corrected chi connectivity index (χ3v) is 3.65. The smallest absolute Gasteiger partial charge is 0.309 e. The number of carboxylic acid groups (broad SMARTS) is 1. The van der Waals surface area contributed by atoms with E-state index in [1.54, 1.807) is 6.20 Å². The molecule has 0 bridgehead atoms. The molecule has 3 rings (SSSR count). The Bertz CT molecular complexity index is 749. The van der Waals surface area contributed by atoms with Crippen LogP contribution in [0.3, 0.4) is 0 Å². The molecule has 0 atom stereocenters. The molecule has 3 aromatic rings. The largest absolute Gasteiger partial charge is 0.481 e. The van der Waals surface area contributed by atoms with E-state index in [-0.39, 0.29) is 12.1 Å². The minimum absolute atomic E-state index is 0.155. The van der Waals surface area contributed by atoms with Gasteiger partial charge in [0.05, 0.1) is 17.0 Å². The lowest BCUT2D eigenvalue weighted by Crippen LogP contribution is -2.04. The summed E-state index contributed by atoms with van der Waals surface area (Å²) >= 11 is 1.45. The van der Waals surface area contributed by atoms with E-state index in [1.807, 2.05) is 17.5 Å². The number of carbonyl (C=O) groups is 1. The molecule has 3 heterocycles. The van der Waals surface area contributed by atoms with Crippen LogP contribution in [-0.2, 0) is 11.2 Å². The van der Waals surface area contributed by atoms with Crippen LogP contribution in [0.5, 0.6) is 0 Å². The first-order valence-electron chi connectivity index (χ1n) is 5.58. The third kappa shape index (κ3) is 2.00. The van der Waals surface area contributed by atoms with Crippen LogP contribution in [0.15, 0.2) is 35.8 Å². The van der Waals surface area contributed by atoms with Crippen LogP contribution >= 0.6 is 11.3 Å². The van der Waals surface area contributed by atoms with Gasteiger partial charge in [0.2, 0.25) is 0 Å². The molecule has 6 heteroatoms. The summed E-state index contributed by atoms with van der Waals surface area (Å²) in [5, 5.41) is 10.9. The minimum Gasteiger partial charge on any atom is -0.481 e. The van der Waals surface area contributed by atoms with Crippen LogP contribution < -0.4 is 0 Å². The highest BCUT2D eigenvalue weighted by Gasteiger charge is 2.18. The second-order valence-electron chi connectivity index (χ2n) is 4.00. The Labute approximate surface area is 111 Å². The average Bonchev–Trinajstić information content (AvgIpc) is 2.97. The number of imidazole rings is 1. The van der Waals surface area contributed by atoms with Gasteiger partial charge in [0.1, 0.15) is 5.69 Å². The number of aliphatic carboxylic acids is 1. The number of pyridine rings is 1. The summed E-state index contributed by atoms with van der Waals surface area (Å²) in [7, 11) is 0. The molecule has 0 radical (unpaired) electrons. The van der Waals surface area contributed by atoms with Gasteiger partial charge in [0.15, 0.2) is 11.5 Å². The third-order valence-electron chi connectivity index (χ3n) is 2.77. The maximum atomic E-state index is 13.7. The normalized spacial score (nSPS) is 11.0. The van der Waals surface area contributed by atoms with Crippen molar-refractivity contribution >= 4 is 23.0 Å². The fourth-order valence-corrected chi connectivity index (χ4v) is 2.74. The van der Waals surface area contributed by atoms with E-state index < -0.39 is 11.8 Å². The number of aromatic nitrogens is 2. The van der Waals surface area contributed by atoms with Crippen LogP contribution in [0.2, 0.25) is 0 Å². The number of thiophene rings is 1. The molecule has 0 aromatic carbocycles. The lowest BCUT2D eigenvalue weighted by atomic mass is 10.2. The molecule has 1 N–H and O–H groups in total. The highest BCUT2D eigenvalue weighted by Crippen LogP contribution is 2.29. The Hall–Kier alpha value is -2.21. The van der Waals surface area contributed by atoms with E-state index in [1.165, 1.54) is 27.9 Å². The van der Waals surface area contributed by atoms with Crippen LogP contribution in [0.4, 0.5) is 4.39 Å². The molecule has 0 amide bonds. The van der Waals surface area contributed by atoms with Crippen molar-refractivity contribution in [1.82, 2.24) is 9.38 Å². The highest BCUT2D eigenvalue weighted by molar-refractivity contribution is 7.13. The van der Waals surface area contributed by atoms with E-state index in [0.717, 1.165) is 4.88 Å². The Kier molecular flexibility index (Phi) is 2.79. The summed E-state index contributed by atoms with van der Waals surface area (Å²) in [5.74, 6) is -1.43. The summed E-state index contributed by atoms with van der Waals surface area (Å²) in [6, 6.07) is 6.54. The van der Waals surface area contributed by atoms with E-state index in [0.29, 0.717) is 11.4 Å². The van der Waals surface area contributed by atoms with Crippen LogP contribution in [-0.4, -0.2) is 20.5 Å². The molecule has 0 aliphatic rings. The number of rotatable bonds is 3. The van der Waals surface area contributed by atoms with Gasteiger partial charge < -0.3 is 9.51 Å². The monoisotopic (exact) mass is 276 g/mol. The van der Waals surface area contributed by atoms with Crippen molar-refractivity contribution in [2.45, 2.75) is 6.42 Å². The summed E-state index contributed by atoms with van der Waals surface area (Å²) in [6.45, 7) is 0. The number of carboxylic acids is 1. The van der Waals surface area contributed by atoms with Crippen molar-refractivity contribution in [3.05, 3.63) is 47.4 Å². The molecule has 0 aliphatic heterocycles. The molecule has 96 valence electrons. The maximum Gasteiger partial charge on any atom is 0.309 e. The maximum absolute atomic E-state index is 13.7. The van der Waals surface area contributed by atoms with Crippen LogP contribution in [0.1, 0.15) is 5.69 Å². The zero-order valence-corrected chi connectivity index (χ0v) is 10.5. The second kappa shape index (κ2) is 4.47. The SMILES string of the molecule is O=C(O)Cc1c(-c2cccs2)nc2c(F)cccn12. The summed E-state index contributed by atoms with van der Waals surface area (Å²) in [6.07, 6.45) is 1.43. The summed E-state index contributed by atoms with van der Waals surface area (Å²) in [5.41, 5.74) is 1.18. The molecule has 19 heavy (non-hydrogen) atoms. The van der Waals surface area contributed by atoms with Crippen molar-refractivity contribution in [1.29, 1.82) is 0 Å². The van der Waals surface area contributed by atoms with Crippen molar-refractivity contribution < 1.29 is 14.3 Å². The average molecular weight is 276 g/mol. The van der Waals surface area contributed by atoms with Gasteiger partial charge in [0.25, 0.3) is 0 Å². The van der Waals surface area contributed by atoms with E-state index in [4.69, 9.17) is 5.11 Å². The van der Waals surface area contributed by atoms with Gasteiger partial charge in [0, 0.05) is 6.20 Å². The van der Waals surface area contributed by atoms with Gasteiger partial charge in [-0.3, -0.25) is 4.79 Å². The first-order chi connectivity index (χ1) is 9.16. The standard InChI is InChI=1S/C13H9FN2O2S/c14-8-3-1-5-16-9(7-11(17)18)12(15-13(8)16)10-4-2-6-19-10/h1-6H,7H2,(H,17,18). The van der Waals surface area contributed by atoms with Crippen molar-refractivity contribution in [3.8, 4) is 10.6 Å². The molecular formula is C13H9FN2O2S. The molecule has 3 aromatic heterocycles. The highest BCUT2D eigenvalue weighted by atomic mass is 32.1. The molecule has 0 saturated heterocycles. The van der Waals surface area contributed by atoms with Crippen molar-refractivity contribution in [2.24, 2.45) is 0 Å². The summed E-state index contributed by atoms with van der Waals surface area (Å²) < 4.78 is 15.2. The number of halogens is 1. The Morgan fingerprint density at radius 3 is 2.95 bits per heavy atom. The van der Waals surface area contributed by atoms with E-state index >= 15 is 0 Å². The lowest BCUT2D eigenvalue weighted by Gasteiger charge is -2.00. The molecule has 0 unspecified atom stereocenters. The number of fused-ring (bicyclic) bond motifs is 1. The summed E-state index contributed by atoms with van der Waals surface area (Å²) in [4.78, 5) is 16.1. The Balaban J connectivity index is 2.31. The number of hydrogen-bond donors (Lipinski definition) is 1. The van der Waals surface area contributed by atoms with E-state index in [2.05, 4.69) is 4.98 Å². The number of hydrogen-bond acceptors (Lipinski definition) is 3. The first-order valence-corrected chi connectivity index (χ1v) is 6.46. The van der Waals surface area contributed by atoms with Gasteiger partial charge >= 0.3 is 5.97 Å². The lowest BCUT2D eigenvalue weighted by molar-refractivity contribution is -0.136. The molecule has 0 aliphatic carbocycles. The molecule has 4 nitrogen and oxygen atoms in total. The second-order valence-corrected chi connectivity index (χ2v) is 4.95. The number of nitrogens with zero attached hydrogens (tertiary/aromatic N) is 2. The first kappa shape index (κ1) is 11.9. The quantitative estimate of drug-likeness (QED) is 0.800. The van der Waals surface area contributed by atoms with Gasteiger partial charge in [-0.15, -0.1) is 11.3 Å². The molecule has 0 saturated carbocycles. The van der Waals surface area contributed by atoms with Gasteiger partial charge in [-0.2, -0.15) is 0 Å². The zero-order valence-electron chi connectivity index (χ0n) is 9.71. The zero-order chi connectivity index (χ0) is 13.4. The van der Waals surface area contributed by atoms with Crippen LogP contribution in [0.25, 0.3) is 16.2 Å².